The molecule has 2 aromatic rings. The van der Waals surface area contributed by atoms with E-state index < -0.39 is 0 Å². The first-order valence-corrected chi connectivity index (χ1v) is 6.92. The molecule has 0 saturated carbocycles. The molecule has 1 unspecified atom stereocenters. The van der Waals surface area contributed by atoms with Crippen LogP contribution < -0.4 is 0 Å². The number of nitrogens with zero attached hydrogens (tertiary/aromatic N) is 2. The van der Waals surface area contributed by atoms with E-state index in [-0.39, 0.29) is 5.41 Å². The third-order valence-corrected chi connectivity index (χ3v) is 3.99. The van der Waals surface area contributed by atoms with Gasteiger partial charge in [-0.15, -0.1) is 11.6 Å². The molecule has 0 radical (unpaired) electrons. The molecule has 0 fully saturated rings. The summed E-state index contributed by atoms with van der Waals surface area (Å²) in [6.07, 6.45) is 0. The molecule has 1 aromatic carbocycles. The van der Waals surface area contributed by atoms with E-state index in [1.165, 1.54) is 11.1 Å². The normalized spacial score (nSPS) is 14.1. The first-order valence-electron chi connectivity index (χ1n) is 6.38. The fraction of sp³-hybridized carbons (Fsp3) is 0.533. The van der Waals surface area contributed by atoms with E-state index in [2.05, 4.69) is 57.4 Å². The van der Waals surface area contributed by atoms with E-state index in [1.54, 1.807) is 0 Å². The predicted molar refractivity (Wildman–Crippen MR) is 78.2 cm³/mol. The van der Waals surface area contributed by atoms with Crippen LogP contribution in [0.25, 0.3) is 11.0 Å². The highest BCUT2D eigenvalue weighted by atomic mass is 35.5. The summed E-state index contributed by atoms with van der Waals surface area (Å²) in [6.45, 7) is 11.1. The lowest BCUT2D eigenvalue weighted by Gasteiger charge is -2.30. The van der Waals surface area contributed by atoms with Gasteiger partial charge < -0.3 is 4.57 Å². The maximum absolute atomic E-state index is 6.07. The summed E-state index contributed by atoms with van der Waals surface area (Å²) in [7, 11) is 0. The van der Waals surface area contributed by atoms with Crippen molar-refractivity contribution < 1.29 is 0 Å². The van der Waals surface area contributed by atoms with Gasteiger partial charge in [-0.2, -0.15) is 0 Å². The number of benzene rings is 1. The molecule has 2 rings (SSSR count). The van der Waals surface area contributed by atoms with Gasteiger partial charge in [0.15, 0.2) is 0 Å². The first kappa shape index (κ1) is 13.4. The van der Waals surface area contributed by atoms with Gasteiger partial charge in [0.05, 0.1) is 16.9 Å². The second kappa shape index (κ2) is 4.58. The van der Waals surface area contributed by atoms with Crippen LogP contribution in [0.1, 0.15) is 45.1 Å². The van der Waals surface area contributed by atoms with Gasteiger partial charge in [0.2, 0.25) is 0 Å². The van der Waals surface area contributed by atoms with Crippen molar-refractivity contribution in [3.05, 3.63) is 29.6 Å². The average molecular weight is 265 g/mol. The highest BCUT2D eigenvalue weighted by molar-refractivity contribution is 6.16. The minimum atomic E-state index is 0.179. The van der Waals surface area contributed by atoms with Gasteiger partial charge in [-0.25, -0.2) is 4.98 Å². The lowest BCUT2D eigenvalue weighted by Crippen LogP contribution is -2.22. The number of rotatable bonds is 2. The van der Waals surface area contributed by atoms with Gasteiger partial charge in [-0.1, -0.05) is 32.9 Å². The van der Waals surface area contributed by atoms with Gasteiger partial charge in [-0.3, -0.25) is 0 Å². The van der Waals surface area contributed by atoms with Crippen LogP contribution in [0.4, 0.5) is 0 Å². The number of aromatic nitrogens is 2. The van der Waals surface area contributed by atoms with Crippen molar-refractivity contribution in [2.75, 3.05) is 0 Å². The minimum absolute atomic E-state index is 0.179. The largest absolute Gasteiger partial charge is 0.324 e. The number of hydrogen-bond acceptors (Lipinski definition) is 1. The molecular formula is C15H21ClN2. The minimum Gasteiger partial charge on any atom is -0.324 e. The Bertz CT molecular complexity index is 564. The highest BCUT2D eigenvalue weighted by Gasteiger charge is 2.25. The van der Waals surface area contributed by atoms with Crippen LogP contribution in [0.5, 0.6) is 0 Å². The molecule has 2 nitrogen and oxygen atoms in total. The quantitative estimate of drug-likeness (QED) is 0.720. The SMILES string of the molecule is Cc1cccc2c1nc(CCl)n2C(C)C(C)(C)C. The average Bonchev–Trinajstić information content (AvgIpc) is 2.66. The fourth-order valence-corrected chi connectivity index (χ4v) is 2.41. The van der Waals surface area contributed by atoms with Crippen molar-refractivity contribution in [3.8, 4) is 0 Å². The number of hydrogen-bond donors (Lipinski definition) is 0. The zero-order valence-electron chi connectivity index (χ0n) is 11.8. The lowest BCUT2D eigenvalue weighted by atomic mass is 9.87. The van der Waals surface area contributed by atoms with Gasteiger partial charge in [0, 0.05) is 6.04 Å². The summed E-state index contributed by atoms with van der Waals surface area (Å²) < 4.78 is 2.29. The van der Waals surface area contributed by atoms with Crippen LogP contribution in [0.2, 0.25) is 0 Å². The monoisotopic (exact) mass is 264 g/mol. The third kappa shape index (κ3) is 2.14. The Labute approximate surface area is 114 Å². The topological polar surface area (TPSA) is 17.8 Å². The Morgan fingerprint density at radius 2 is 2.00 bits per heavy atom. The number of halogens is 1. The molecule has 98 valence electrons. The predicted octanol–water partition coefficient (Wildman–Crippen LogP) is 4.69. The smallest absolute Gasteiger partial charge is 0.125 e. The summed E-state index contributed by atoms with van der Waals surface area (Å²) in [5.74, 6) is 1.41. The summed E-state index contributed by atoms with van der Waals surface area (Å²) >= 11 is 6.07. The van der Waals surface area contributed by atoms with Crippen molar-refractivity contribution in [2.24, 2.45) is 5.41 Å². The summed E-state index contributed by atoms with van der Waals surface area (Å²) in [5.41, 5.74) is 3.65. The summed E-state index contributed by atoms with van der Waals surface area (Å²) in [5, 5.41) is 0. The second-order valence-corrected chi connectivity index (χ2v) is 6.28. The van der Waals surface area contributed by atoms with Crippen LogP contribution in [-0.2, 0) is 5.88 Å². The number of para-hydroxylation sites is 1. The van der Waals surface area contributed by atoms with Gasteiger partial charge in [-0.05, 0) is 30.9 Å². The molecule has 0 N–H and O–H groups in total. The van der Waals surface area contributed by atoms with Crippen molar-refractivity contribution in [1.82, 2.24) is 9.55 Å². The van der Waals surface area contributed by atoms with E-state index >= 15 is 0 Å². The number of imidazole rings is 1. The Morgan fingerprint density at radius 3 is 2.56 bits per heavy atom. The molecule has 0 aliphatic heterocycles. The number of fused-ring (bicyclic) bond motifs is 1. The van der Waals surface area contributed by atoms with E-state index in [1.807, 2.05) is 0 Å². The maximum atomic E-state index is 6.07. The second-order valence-electron chi connectivity index (χ2n) is 6.02. The molecule has 3 heteroatoms. The summed E-state index contributed by atoms with van der Waals surface area (Å²) in [4.78, 5) is 4.70. The Kier molecular flexibility index (Phi) is 3.41. The molecule has 0 saturated heterocycles. The van der Waals surface area contributed by atoms with Crippen molar-refractivity contribution >= 4 is 22.6 Å². The van der Waals surface area contributed by atoms with Crippen LogP contribution in [0.3, 0.4) is 0 Å². The molecule has 0 aliphatic carbocycles. The van der Waals surface area contributed by atoms with Crippen LogP contribution in [-0.4, -0.2) is 9.55 Å². The first-order chi connectivity index (χ1) is 8.36. The molecule has 0 amide bonds. The van der Waals surface area contributed by atoms with Gasteiger partial charge >= 0.3 is 0 Å². The molecule has 0 aliphatic rings. The van der Waals surface area contributed by atoms with Gasteiger partial charge in [0.25, 0.3) is 0 Å². The van der Waals surface area contributed by atoms with Crippen molar-refractivity contribution in [3.63, 3.8) is 0 Å². The number of alkyl halides is 1. The maximum Gasteiger partial charge on any atom is 0.125 e. The van der Waals surface area contributed by atoms with E-state index in [0.717, 1.165) is 11.3 Å². The van der Waals surface area contributed by atoms with Crippen LogP contribution in [0, 0.1) is 12.3 Å². The number of aryl methyl sites for hydroxylation is 1. The molecule has 0 spiro atoms. The molecule has 1 aromatic heterocycles. The fourth-order valence-electron chi connectivity index (χ4n) is 2.22. The zero-order valence-corrected chi connectivity index (χ0v) is 12.5. The summed E-state index contributed by atoms with van der Waals surface area (Å²) in [6, 6.07) is 6.68. The lowest BCUT2D eigenvalue weighted by molar-refractivity contribution is 0.264. The molecule has 18 heavy (non-hydrogen) atoms. The Balaban J connectivity index is 2.72. The zero-order chi connectivity index (χ0) is 13.5. The molecule has 1 atom stereocenters. The van der Waals surface area contributed by atoms with E-state index in [4.69, 9.17) is 16.6 Å². The van der Waals surface area contributed by atoms with Crippen LogP contribution >= 0.6 is 11.6 Å². The molecule has 0 bridgehead atoms. The highest BCUT2D eigenvalue weighted by Crippen LogP contribution is 2.34. The third-order valence-electron chi connectivity index (χ3n) is 3.76. The Morgan fingerprint density at radius 1 is 1.33 bits per heavy atom. The molecular weight excluding hydrogens is 244 g/mol. The van der Waals surface area contributed by atoms with E-state index in [9.17, 15) is 0 Å². The van der Waals surface area contributed by atoms with Crippen LogP contribution in [0.15, 0.2) is 18.2 Å². The van der Waals surface area contributed by atoms with Crippen molar-refractivity contribution in [2.45, 2.75) is 46.5 Å². The standard InChI is InChI=1S/C15H21ClN2/c1-10-7-6-8-12-14(10)17-13(9-16)18(12)11(2)15(3,4)5/h6-8,11H,9H2,1-5H3. The van der Waals surface area contributed by atoms with E-state index in [0.29, 0.717) is 11.9 Å². The molecule has 1 heterocycles. The van der Waals surface area contributed by atoms with Gasteiger partial charge in [0.1, 0.15) is 5.82 Å². The Hall–Kier alpha value is -1.02. The van der Waals surface area contributed by atoms with Crippen molar-refractivity contribution in [1.29, 1.82) is 0 Å².